The van der Waals surface area contributed by atoms with E-state index < -0.39 is 12.0 Å². The number of ether oxygens (including phenoxy) is 3. The molecule has 4 rings (SSSR count). The number of nitrogens with one attached hydrogen (secondary N) is 1. The number of pyridine rings is 1. The van der Waals surface area contributed by atoms with Crippen molar-refractivity contribution in [1.82, 2.24) is 19.4 Å². The second-order valence-corrected chi connectivity index (χ2v) is 9.23. The zero-order valence-corrected chi connectivity index (χ0v) is 21.0. The normalized spacial score (nSPS) is 15.3. The minimum absolute atomic E-state index is 0.0224. The van der Waals surface area contributed by atoms with Crippen molar-refractivity contribution in [3.63, 3.8) is 0 Å². The van der Waals surface area contributed by atoms with Crippen LogP contribution < -0.4 is 15.6 Å². The van der Waals surface area contributed by atoms with Crippen LogP contribution in [0.2, 0.25) is 0 Å². The molecule has 0 spiro atoms. The number of carboxylic acids is 1. The Kier molecular flexibility index (Phi) is 8.40. The van der Waals surface area contributed by atoms with Gasteiger partial charge >= 0.3 is 5.97 Å². The van der Waals surface area contributed by atoms with Crippen LogP contribution in [0.1, 0.15) is 18.4 Å². The second-order valence-electron chi connectivity index (χ2n) is 9.23. The number of aromatic nitrogens is 3. The van der Waals surface area contributed by atoms with Crippen LogP contribution in [-0.2, 0) is 27.9 Å². The van der Waals surface area contributed by atoms with Crippen LogP contribution in [0.25, 0.3) is 22.4 Å². The van der Waals surface area contributed by atoms with Gasteiger partial charge in [0, 0.05) is 63.9 Å². The molecule has 0 bridgehead atoms. The molecule has 1 saturated heterocycles. The highest BCUT2D eigenvalue weighted by Crippen LogP contribution is 2.30. The molecule has 1 unspecified atom stereocenters. The smallest absolute Gasteiger partial charge is 0.323 e. The molecule has 0 saturated carbocycles. The van der Waals surface area contributed by atoms with Crippen molar-refractivity contribution in [1.29, 1.82) is 0 Å². The fourth-order valence-corrected chi connectivity index (χ4v) is 4.58. The van der Waals surface area contributed by atoms with E-state index in [1.54, 1.807) is 11.6 Å². The maximum atomic E-state index is 12.3. The SMILES string of the molecule is COCC(NCCOc1ccc2c(c1)nc(-c1cc(C)c(=O)n(C)c1)n2CC1CCOCC1)C(=O)O. The van der Waals surface area contributed by atoms with Gasteiger partial charge in [-0.3, -0.25) is 14.9 Å². The van der Waals surface area contributed by atoms with Gasteiger partial charge in [0.15, 0.2) is 0 Å². The number of aliphatic carboxylic acids is 1. The molecule has 3 aromatic rings. The molecule has 194 valence electrons. The number of nitrogens with zero attached hydrogens (tertiary/aromatic N) is 3. The highest BCUT2D eigenvalue weighted by atomic mass is 16.5. The van der Waals surface area contributed by atoms with E-state index >= 15 is 0 Å². The molecule has 3 heterocycles. The molecule has 0 radical (unpaired) electrons. The summed E-state index contributed by atoms with van der Waals surface area (Å²) in [5.41, 5.74) is 3.34. The van der Waals surface area contributed by atoms with Crippen LogP contribution in [0.4, 0.5) is 0 Å². The first-order chi connectivity index (χ1) is 17.4. The van der Waals surface area contributed by atoms with Crippen molar-refractivity contribution in [3.8, 4) is 17.1 Å². The van der Waals surface area contributed by atoms with Crippen molar-refractivity contribution in [2.45, 2.75) is 32.4 Å². The number of fused-ring (bicyclic) bond motifs is 1. The van der Waals surface area contributed by atoms with Crippen molar-refractivity contribution in [3.05, 3.63) is 46.4 Å². The quantitative estimate of drug-likeness (QED) is 0.387. The lowest BCUT2D eigenvalue weighted by molar-refractivity contribution is -0.140. The molecule has 1 aliphatic rings. The zero-order valence-electron chi connectivity index (χ0n) is 21.0. The molecular formula is C26H34N4O6. The van der Waals surface area contributed by atoms with Crippen LogP contribution in [0.15, 0.2) is 35.3 Å². The molecule has 36 heavy (non-hydrogen) atoms. The number of methoxy groups -OCH3 is 1. The summed E-state index contributed by atoms with van der Waals surface area (Å²) in [6.07, 6.45) is 3.83. The van der Waals surface area contributed by atoms with Gasteiger partial charge in [-0.1, -0.05) is 0 Å². The molecule has 1 aromatic carbocycles. The Morgan fingerprint density at radius 3 is 2.78 bits per heavy atom. The van der Waals surface area contributed by atoms with Gasteiger partial charge in [0.2, 0.25) is 0 Å². The number of carboxylic acid groups (broad SMARTS) is 1. The lowest BCUT2D eigenvalue weighted by Gasteiger charge is -2.23. The summed E-state index contributed by atoms with van der Waals surface area (Å²) in [6, 6.07) is 6.93. The van der Waals surface area contributed by atoms with Crippen molar-refractivity contribution in [2.24, 2.45) is 13.0 Å². The first kappa shape index (κ1) is 25.9. The van der Waals surface area contributed by atoms with Crippen molar-refractivity contribution >= 4 is 17.0 Å². The van der Waals surface area contributed by atoms with Crippen LogP contribution in [0, 0.1) is 12.8 Å². The fourth-order valence-electron chi connectivity index (χ4n) is 4.58. The Balaban J connectivity index is 1.58. The first-order valence-electron chi connectivity index (χ1n) is 12.2. The van der Waals surface area contributed by atoms with Crippen molar-refractivity contribution in [2.75, 3.05) is 40.1 Å². The second kappa shape index (κ2) is 11.7. The summed E-state index contributed by atoms with van der Waals surface area (Å²) in [6.45, 7) is 4.92. The maximum Gasteiger partial charge on any atom is 0.323 e. The third-order valence-electron chi connectivity index (χ3n) is 6.51. The fraction of sp³-hybridized carbons (Fsp3) is 0.500. The molecule has 0 aliphatic carbocycles. The van der Waals surface area contributed by atoms with Crippen molar-refractivity contribution < 1.29 is 24.1 Å². The molecule has 1 fully saturated rings. The Labute approximate surface area is 209 Å². The monoisotopic (exact) mass is 498 g/mol. The van der Waals surface area contributed by atoms with E-state index in [2.05, 4.69) is 9.88 Å². The number of benzene rings is 1. The summed E-state index contributed by atoms with van der Waals surface area (Å²) in [4.78, 5) is 28.5. The lowest BCUT2D eigenvalue weighted by Crippen LogP contribution is -2.42. The predicted octanol–water partition coefficient (Wildman–Crippen LogP) is 2.21. The number of hydrogen-bond acceptors (Lipinski definition) is 7. The Hall–Kier alpha value is -3.21. The molecule has 10 heteroatoms. The minimum atomic E-state index is -0.963. The lowest BCUT2D eigenvalue weighted by atomic mass is 10.00. The molecule has 1 atom stereocenters. The average Bonchev–Trinajstić information content (AvgIpc) is 3.22. The summed E-state index contributed by atoms with van der Waals surface area (Å²) in [5.74, 6) is 0.994. The third kappa shape index (κ3) is 5.95. The molecule has 0 amide bonds. The van der Waals surface area contributed by atoms with Gasteiger partial charge < -0.3 is 28.5 Å². The average molecular weight is 499 g/mol. The molecule has 10 nitrogen and oxygen atoms in total. The Morgan fingerprint density at radius 2 is 2.08 bits per heavy atom. The number of aryl methyl sites for hydroxylation is 2. The summed E-state index contributed by atoms with van der Waals surface area (Å²) in [7, 11) is 3.22. The minimum Gasteiger partial charge on any atom is -0.492 e. The third-order valence-corrected chi connectivity index (χ3v) is 6.51. The first-order valence-corrected chi connectivity index (χ1v) is 12.2. The number of rotatable bonds is 11. The number of hydrogen-bond donors (Lipinski definition) is 2. The van der Waals surface area contributed by atoms with E-state index in [0.29, 0.717) is 30.4 Å². The van der Waals surface area contributed by atoms with E-state index in [4.69, 9.17) is 19.2 Å². The summed E-state index contributed by atoms with van der Waals surface area (Å²) in [5, 5.41) is 12.1. The zero-order chi connectivity index (χ0) is 25.7. The van der Waals surface area contributed by atoms with Crippen LogP contribution in [0.3, 0.4) is 0 Å². The van der Waals surface area contributed by atoms with Crippen LogP contribution in [-0.4, -0.2) is 71.3 Å². The predicted molar refractivity (Wildman–Crippen MR) is 135 cm³/mol. The Bertz CT molecular complexity index is 1240. The van der Waals surface area contributed by atoms with E-state index in [0.717, 1.165) is 55.0 Å². The molecular weight excluding hydrogens is 464 g/mol. The van der Waals surface area contributed by atoms with E-state index in [-0.39, 0.29) is 12.2 Å². The van der Waals surface area contributed by atoms with Gasteiger partial charge in [-0.15, -0.1) is 0 Å². The van der Waals surface area contributed by atoms with Gasteiger partial charge in [0.05, 0.1) is 17.6 Å². The molecule has 2 aromatic heterocycles. The molecule has 2 N–H and O–H groups in total. The molecule has 1 aliphatic heterocycles. The van der Waals surface area contributed by atoms with Gasteiger partial charge in [-0.25, -0.2) is 4.98 Å². The highest BCUT2D eigenvalue weighted by molar-refractivity contribution is 5.82. The van der Waals surface area contributed by atoms with Gasteiger partial charge in [-0.05, 0) is 43.9 Å². The largest absolute Gasteiger partial charge is 0.492 e. The van der Waals surface area contributed by atoms with Gasteiger partial charge in [0.25, 0.3) is 5.56 Å². The van der Waals surface area contributed by atoms with E-state index in [1.807, 2.05) is 37.4 Å². The summed E-state index contributed by atoms with van der Waals surface area (Å²) >= 11 is 0. The topological polar surface area (TPSA) is 117 Å². The van der Waals surface area contributed by atoms with Crippen LogP contribution >= 0.6 is 0 Å². The highest BCUT2D eigenvalue weighted by Gasteiger charge is 2.21. The van der Waals surface area contributed by atoms with Gasteiger partial charge in [0.1, 0.15) is 24.2 Å². The Morgan fingerprint density at radius 1 is 1.31 bits per heavy atom. The summed E-state index contributed by atoms with van der Waals surface area (Å²) < 4.78 is 20.2. The standard InChI is InChI=1S/C26H34N4O6/c1-17-12-19(15-29(2)25(17)31)24-28-21-13-20(36-11-8-27-22(16-34-3)26(32)33)4-5-23(21)30(24)14-18-6-9-35-10-7-18/h4-5,12-13,15,18,22,27H,6-11,14,16H2,1-3H3,(H,32,33). The van der Waals surface area contributed by atoms with Crippen LogP contribution in [0.5, 0.6) is 5.75 Å². The van der Waals surface area contributed by atoms with E-state index in [9.17, 15) is 14.7 Å². The number of imidazole rings is 1. The van der Waals surface area contributed by atoms with Gasteiger partial charge in [-0.2, -0.15) is 0 Å². The maximum absolute atomic E-state index is 12.3. The number of carbonyl (C=O) groups is 1. The van der Waals surface area contributed by atoms with E-state index in [1.165, 1.54) is 7.11 Å².